The van der Waals surface area contributed by atoms with Crippen LogP contribution in [0.2, 0.25) is 5.02 Å². The number of rotatable bonds is 4. The summed E-state index contributed by atoms with van der Waals surface area (Å²) in [6.07, 6.45) is 0.746. The monoisotopic (exact) mass is 484 g/mol. The molecule has 0 radical (unpaired) electrons. The summed E-state index contributed by atoms with van der Waals surface area (Å²) < 4.78 is 32.0. The number of fused-ring (bicyclic) bond motifs is 1. The third-order valence-electron chi connectivity index (χ3n) is 5.80. The second-order valence-corrected chi connectivity index (χ2v) is 11.8. The summed E-state index contributed by atoms with van der Waals surface area (Å²) in [6.45, 7) is 3.91. The van der Waals surface area contributed by atoms with Crippen molar-refractivity contribution in [3.63, 3.8) is 0 Å². The zero-order valence-corrected chi connectivity index (χ0v) is 19.4. The molecule has 3 aromatic rings. The molecule has 0 bridgehead atoms. The molecular weight excluding hydrogens is 464 g/mol. The van der Waals surface area contributed by atoms with Gasteiger partial charge in [0.15, 0.2) is 9.84 Å². The smallest absolute Gasteiger partial charge is 0.288 e. The van der Waals surface area contributed by atoms with Gasteiger partial charge in [-0.25, -0.2) is 13.1 Å². The fourth-order valence-corrected chi connectivity index (χ4v) is 7.53. The predicted molar refractivity (Wildman–Crippen MR) is 121 cm³/mol. The molecule has 0 aliphatic carbocycles. The topological polar surface area (TPSA) is 71.6 Å². The van der Waals surface area contributed by atoms with E-state index in [-0.39, 0.29) is 6.04 Å². The summed E-state index contributed by atoms with van der Waals surface area (Å²) in [6, 6.07) is 8.11. The standard InChI is InChI=1S/C19H21ClN4O3S3/c20-16-14-3-1-2-4-15(14)29-17(16)18-21-24(19(28)27-18)12-22-6-8-23(9-7-22)13-5-10-30(25,26)11-13/h1-4,13H,5-12H2. The zero-order chi connectivity index (χ0) is 20.9. The molecule has 1 atom stereocenters. The lowest BCUT2D eigenvalue weighted by Crippen LogP contribution is -2.50. The summed E-state index contributed by atoms with van der Waals surface area (Å²) in [5.41, 5.74) is 0. The Morgan fingerprint density at radius 2 is 2.00 bits per heavy atom. The van der Waals surface area contributed by atoms with Gasteiger partial charge in [-0.3, -0.25) is 9.80 Å². The largest absolute Gasteiger partial charge is 0.408 e. The first kappa shape index (κ1) is 20.6. The van der Waals surface area contributed by atoms with Crippen LogP contribution in [-0.4, -0.2) is 71.7 Å². The Bertz CT molecular complexity index is 1240. The Balaban J connectivity index is 1.27. The van der Waals surface area contributed by atoms with Gasteiger partial charge >= 0.3 is 0 Å². The van der Waals surface area contributed by atoms with Crippen molar-refractivity contribution in [1.29, 1.82) is 0 Å². The first-order valence-electron chi connectivity index (χ1n) is 9.82. The minimum Gasteiger partial charge on any atom is -0.408 e. The number of aromatic nitrogens is 2. The highest BCUT2D eigenvalue weighted by molar-refractivity contribution is 7.91. The van der Waals surface area contributed by atoms with Gasteiger partial charge in [0, 0.05) is 42.3 Å². The summed E-state index contributed by atoms with van der Waals surface area (Å²) in [5, 5.41) is 6.21. The van der Waals surface area contributed by atoms with Crippen molar-refractivity contribution in [2.24, 2.45) is 0 Å². The van der Waals surface area contributed by atoms with Gasteiger partial charge in [0.1, 0.15) is 4.88 Å². The minimum absolute atomic E-state index is 0.160. The van der Waals surface area contributed by atoms with Crippen LogP contribution in [0.1, 0.15) is 6.42 Å². The van der Waals surface area contributed by atoms with Gasteiger partial charge in [-0.2, -0.15) is 0 Å². The molecule has 0 amide bonds. The zero-order valence-electron chi connectivity index (χ0n) is 16.2. The van der Waals surface area contributed by atoms with Crippen molar-refractivity contribution in [2.45, 2.75) is 19.1 Å². The molecule has 5 rings (SSSR count). The van der Waals surface area contributed by atoms with E-state index in [0.717, 1.165) is 47.6 Å². The van der Waals surface area contributed by atoms with Crippen LogP contribution >= 0.6 is 35.2 Å². The van der Waals surface area contributed by atoms with Gasteiger partial charge in [-0.05, 0) is 24.7 Å². The van der Waals surface area contributed by atoms with Crippen LogP contribution in [-0.2, 0) is 16.5 Å². The van der Waals surface area contributed by atoms with Crippen molar-refractivity contribution in [2.75, 3.05) is 37.7 Å². The molecule has 160 valence electrons. The van der Waals surface area contributed by atoms with Crippen molar-refractivity contribution >= 4 is 55.1 Å². The van der Waals surface area contributed by atoms with E-state index in [1.165, 1.54) is 0 Å². The van der Waals surface area contributed by atoms with E-state index >= 15 is 0 Å². The highest BCUT2D eigenvalue weighted by Gasteiger charge is 2.33. The Morgan fingerprint density at radius 1 is 1.23 bits per heavy atom. The van der Waals surface area contributed by atoms with Crippen LogP contribution in [0.4, 0.5) is 0 Å². The third kappa shape index (κ3) is 3.96. The number of piperazine rings is 1. The lowest BCUT2D eigenvalue weighted by molar-refractivity contribution is 0.0803. The van der Waals surface area contributed by atoms with Crippen molar-refractivity contribution in [1.82, 2.24) is 19.6 Å². The maximum Gasteiger partial charge on any atom is 0.288 e. The van der Waals surface area contributed by atoms with Crippen LogP contribution in [0.3, 0.4) is 0 Å². The van der Waals surface area contributed by atoms with Crippen LogP contribution in [0.25, 0.3) is 20.9 Å². The average Bonchev–Trinajstić information content (AvgIpc) is 3.38. The van der Waals surface area contributed by atoms with Gasteiger partial charge in [0.05, 0.1) is 23.2 Å². The van der Waals surface area contributed by atoms with Crippen LogP contribution < -0.4 is 0 Å². The third-order valence-corrected chi connectivity index (χ3v) is 9.51. The first-order chi connectivity index (χ1) is 14.4. The van der Waals surface area contributed by atoms with Crippen LogP contribution in [0.5, 0.6) is 0 Å². The molecule has 1 aromatic carbocycles. The van der Waals surface area contributed by atoms with E-state index in [1.807, 2.05) is 24.3 Å². The van der Waals surface area contributed by atoms with E-state index in [2.05, 4.69) is 14.9 Å². The Hall–Kier alpha value is -1.30. The van der Waals surface area contributed by atoms with E-state index in [0.29, 0.717) is 33.9 Å². The van der Waals surface area contributed by atoms with Gasteiger partial charge < -0.3 is 4.42 Å². The van der Waals surface area contributed by atoms with Gasteiger partial charge in [0.2, 0.25) is 0 Å². The summed E-state index contributed by atoms with van der Waals surface area (Å²) >= 11 is 13.5. The number of nitrogens with zero attached hydrogens (tertiary/aromatic N) is 4. The molecule has 2 aromatic heterocycles. The number of thiophene rings is 1. The lowest BCUT2D eigenvalue weighted by atomic mass is 10.2. The van der Waals surface area contributed by atoms with E-state index in [1.54, 1.807) is 16.0 Å². The Kier molecular flexibility index (Phi) is 5.49. The normalized spacial score (nSPS) is 22.8. The summed E-state index contributed by atoms with van der Waals surface area (Å²) in [7, 11) is -2.85. The lowest BCUT2D eigenvalue weighted by Gasteiger charge is -2.37. The maximum atomic E-state index is 11.7. The highest BCUT2D eigenvalue weighted by atomic mass is 35.5. The summed E-state index contributed by atoms with van der Waals surface area (Å²) in [4.78, 5) is 5.66. The van der Waals surface area contributed by atoms with Gasteiger partial charge in [-0.1, -0.05) is 29.8 Å². The van der Waals surface area contributed by atoms with Crippen molar-refractivity contribution < 1.29 is 12.8 Å². The fourth-order valence-electron chi connectivity index (χ4n) is 4.16. The van der Waals surface area contributed by atoms with Crippen LogP contribution in [0, 0.1) is 4.84 Å². The van der Waals surface area contributed by atoms with Gasteiger partial charge in [-0.15, -0.1) is 16.4 Å². The molecule has 0 spiro atoms. The molecule has 30 heavy (non-hydrogen) atoms. The Labute approximate surface area is 188 Å². The molecule has 2 saturated heterocycles. The molecular formula is C19H21ClN4O3S3. The molecule has 0 saturated carbocycles. The Morgan fingerprint density at radius 3 is 2.70 bits per heavy atom. The first-order valence-corrected chi connectivity index (χ1v) is 13.2. The van der Waals surface area contributed by atoms with E-state index < -0.39 is 9.84 Å². The molecule has 7 nitrogen and oxygen atoms in total. The molecule has 0 N–H and O–H groups in total. The number of benzene rings is 1. The number of sulfone groups is 1. The number of hydrogen-bond acceptors (Lipinski definition) is 8. The van der Waals surface area contributed by atoms with E-state index in [9.17, 15) is 8.42 Å². The highest BCUT2D eigenvalue weighted by Crippen LogP contribution is 2.41. The summed E-state index contributed by atoms with van der Waals surface area (Å²) in [5.74, 6) is 1.05. The second-order valence-electron chi connectivity index (χ2n) is 7.77. The van der Waals surface area contributed by atoms with E-state index in [4.69, 9.17) is 28.2 Å². The number of hydrogen-bond donors (Lipinski definition) is 0. The fraction of sp³-hybridized carbons (Fsp3) is 0.474. The minimum atomic E-state index is -2.85. The maximum absolute atomic E-state index is 11.7. The molecule has 2 fully saturated rings. The van der Waals surface area contributed by atoms with Crippen LogP contribution in [0.15, 0.2) is 28.7 Å². The molecule has 2 aliphatic rings. The molecule has 2 aliphatic heterocycles. The second kappa shape index (κ2) is 7.99. The van der Waals surface area contributed by atoms with Gasteiger partial charge in [0.25, 0.3) is 10.7 Å². The number of halogens is 1. The molecule has 4 heterocycles. The SMILES string of the molecule is O=S1(=O)CCC(N2CCN(Cn3nc(-c4sc5ccccc5c4Cl)oc3=S)CC2)C1. The average molecular weight is 485 g/mol. The van der Waals surface area contributed by atoms with Crippen molar-refractivity contribution in [3.8, 4) is 10.8 Å². The molecule has 11 heteroatoms. The quantitative estimate of drug-likeness (QED) is 0.525. The molecule has 1 unspecified atom stereocenters. The van der Waals surface area contributed by atoms with Crippen molar-refractivity contribution in [3.05, 3.63) is 34.1 Å². The predicted octanol–water partition coefficient (Wildman–Crippen LogP) is 3.50.